The van der Waals surface area contributed by atoms with Crippen molar-refractivity contribution in [2.24, 2.45) is 11.3 Å². The third kappa shape index (κ3) is 10.2. The Balaban J connectivity index is 1.22. The number of fused-ring (bicyclic) bond motifs is 2. The Bertz CT molecular complexity index is 2290. The molecule has 0 spiro atoms. The quantitative estimate of drug-likeness (QED) is 0.172. The molecule has 2 aromatic heterocycles. The van der Waals surface area contributed by atoms with E-state index in [-0.39, 0.29) is 37.3 Å². The molecule has 18 heteroatoms. The number of hydrogen-bond donors (Lipinski definition) is 4. The van der Waals surface area contributed by atoms with Gasteiger partial charge < -0.3 is 35.1 Å². The van der Waals surface area contributed by atoms with E-state index in [1.807, 2.05) is 58.2 Å². The minimum absolute atomic E-state index is 0.0198. The zero-order valence-electron chi connectivity index (χ0n) is 35.6. The van der Waals surface area contributed by atoms with Crippen molar-refractivity contribution in [3.8, 4) is 22.9 Å². The van der Waals surface area contributed by atoms with Gasteiger partial charge in [-0.15, -0.1) is 11.3 Å². The summed E-state index contributed by atoms with van der Waals surface area (Å²) in [5.74, 6) is -1.62. The lowest BCUT2D eigenvalue weighted by atomic mass is 9.85. The van der Waals surface area contributed by atoms with Gasteiger partial charge in [0.15, 0.2) is 5.13 Å². The van der Waals surface area contributed by atoms with Crippen LogP contribution in [0, 0.1) is 11.3 Å². The number of methoxy groups -OCH3 is 1. The van der Waals surface area contributed by atoms with Gasteiger partial charge in [-0.2, -0.15) is 0 Å². The third-order valence-electron chi connectivity index (χ3n) is 11.7. The maximum atomic E-state index is 14.8. The zero-order chi connectivity index (χ0) is 43.7. The molecule has 0 bridgehead atoms. The summed E-state index contributed by atoms with van der Waals surface area (Å²) in [5, 5.41) is 12.3. The first kappa shape index (κ1) is 44.1. The van der Waals surface area contributed by atoms with Crippen molar-refractivity contribution in [2.45, 2.75) is 128 Å². The Labute approximate surface area is 361 Å². The first-order valence-corrected chi connectivity index (χ1v) is 23.7. The Morgan fingerprint density at radius 3 is 2.52 bits per heavy atom. The van der Waals surface area contributed by atoms with E-state index in [1.54, 1.807) is 25.3 Å². The van der Waals surface area contributed by atoms with Gasteiger partial charge in [0.2, 0.25) is 21.8 Å². The Hall–Kier alpha value is -4.97. The van der Waals surface area contributed by atoms with Crippen molar-refractivity contribution in [1.82, 2.24) is 30.2 Å². The van der Waals surface area contributed by atoms with Gasteiger partial charge in [0, 0.05) is 41.3 Å². The zero-order valence-corrected chi connectivity index (χ0v) is 37.2. The molecule has 0 radical (unpaired) electrons. The number of benzene rings is 1. The fourth-order valence-corrected chi connectivity index (χ4v) is 10.3. The number of carbonyl (C=O) groups excluding carboxylic acids is 4. The number of rotatable bonds is 11. The maximum Gasteiger partial charge on any atom is 0.408 e. The number of carbonyl (C=O) groups is 4. The highest BCUT2D eigenvalue weighted by Crippen LogP contribution is 2.46. The van der Waals surface area contributed by atoms with Crippen molar-refractivity contribution in [3.05, 3.63) is 41.8 Å². The fraction of sp³-hybridized carbons (Fsp3) is 0.581. The average molecular weight is 880 g/mol. The number of ether oxygens (including phenoxy) is 3. The van der Waals surface area contributed by atoms with E-state index in [2.05, 4.69) is 20.7 Å². The number of amides is 4. The largest absolute Gasteiger partial charge is 0.497 e. The molecule has 5 atom stereocenters. The molecule has 16 nitrogen and oxygen atoms in total. The summed E-state index contributed by atoms with van der Waals surface area (Å²) in [7, 11) is -2.38. The predicted molar refractivity (Wildman–Crippen MR) is 232 cm³/mol. The highest BCUT2D eigenvalue weighted by Gasteiger charge is 2.61. The molecule has 2 aliphatic heterocycles. The number of pyridine rings is 1. The van der Waals surface area contributed by atoms with Crippen LogP contribution < -0.4 is 30.1 Å². The molecule has 0 unspecified atom stereocenters. The number of aromatic nitrogens is 2. The van der Waals surface area contributed by atoms with Crippen LogP contribution in [0.3, 0.4) is 0 Å². The van der Waals surface area contributed by atoms with E-state index in [4.69, 9.17) is 24.2 Å². The molecule has 4 aliphatic rings. The number of sulfonamides is 1. The van der Waals surface area contributed by atoms with Crippen LogP contribution in [0.5, 0.6) is 11.5 Å². The van der Waals surface area contributed by atoms with Crippen LogP contribution in [0.25, 0.3) is 22.3 Å². The van der Waals surface area contributed by atoms with Crippen molar-refractivity contribution in [2.75, 3.05) is 24.7 Å². The van der Waals surface area contributed by atoms with Crippen LogP contribution in [0.1, 0.15) is 92.4 Å². The number of anilines is 1. The van der Waals surface area contributed by atoms with Crippen molar-refractivity contribution in [3.63, 3.8) is 0 Å². The molecule has 4 heterocycles. The molecule has 330 valence electrons. The number of thiazole rings is 1. The highest BCUT2D eigenvalue weighted by molar-refractivity contribution is 7.90. The number of allylic oxidation sites excluding steroid dienone is 1. The first-order valence-electron chi connectivity index (χ1n) is 21.1. The predicted octanol–water partition coefficient (Wildman–Crippen LogP) is 5.68. The summed E-state index contributed by atoms with van der Waals surface area (Å²) in [6.07, 6.45) is 7.34. The average Bonchev–Trinajstić information content (AvgIpc) is 3.62. The highest BCUT2D eigenvalue weighted by atomic mass is 32.2. The summed E-state index contributed by atoms with van der Waals surface area (Å²) in [5.41, 5.74) is -0.595. The number of likely N-dealkylation sites (tertiary alicyclic amines) is 1. The molecule has 4 N–H and O–H groups in total. The van der Waals surface area contributed by atoms with Gasteiger partial charge >= 0.3 is 6.09 Å². The summed E-state index contributed by atoms with van der Waals surface area (Å²) in [6.45, 7) is 9.46. The maximum absolute atomic E-state index is 14.8. The summed E-state index contributed by atoms with van der Waals surface area (Å²) in [6, 6.07) is 5.12. The van der Waals surface area contributed by atoms with Gasteiger partial charge in [-0.25, -0.2) is 23.2 Å². The smallest absolute Gasteiger partial charge is 0.408 e. The van der Waals surface area contributed by atoms with E-state index in [0.717, 1.165) is 30.8 Å². The second-order valence-corrected chi connectivity index (χ2v) is 20.6. The lowest BCUT2D eigenvalue weighted by Crippen LogP contribution is -2.60. The Morgan fingerprint density at radius 1 is 1.03 bits per heavy atom. The first-order chi connectivity index (χ1) is 28.9. The topological polar surface area (TPSA) is 207 Å². The van der Waals surface area contributed by atoms with E-state index in [9.17, 15) is 27.6 Å². The van der Waals surface area contributed by atoms with E-state index >= 15 is 0 Å². The van der Waals surface area contributed by atoms with Crippen molar-refractivity contribution >= 4 is 61.2 Å². The number of alkyl carbamates (subject to hydrolysis) is 1. The minimum atomic E-state index is -3.95. The molecule has 2 aliphatic carbocycles. The molecule has 3 aromatic rings. The molecule has 2 saturated carbocycles. The minimum Gasteiger partial charge on any atom is -0.497 e. The van der Waals surface area contributed by atoms with Gasteiger partial charge in [0.25, 0.3) is 5.91 Å². The molecule has 4 amide bonds. The van der Waals surface area contributed by atoms with E-state index < -0.39 is 68.9 Å². The summed E-state index contributed by atoms with van der Waals surface area (Å²) in [4.78, 5) is 67.6. The lowest BCUT2D eigenvalue weighted by Gasteiger charge is -2.35. The second-order valence-electron chi connectivity index (χ2n) is 17.9. The fourth-order valence-electron chi connectivity index (χ4n) is 8.30. The summed E-state index contributed by atoms with van der Waals surface area (Å²) < 4.78 is 45.9. The molecule has 3 fully saturated rings. The number of nitrogens with zero attached hydrogens (tertiary/aromatic N) is 3. The third-order valence-corrected chi connectivity index (χ3v) is 13.8. The van der Waals surface area contributed by atoms with Crippen LogP contribution in [0.2, 0.25) is 0 Å². The van der Waals surface area contributed by atoms with Crippen LogP contribution in [0.4, 0.5) is 9.93 Å². The molecule has 1 saturated heterocycles. The Morgan fingerprint density at radius 2 is 1.80 bits per heavy atom. The van der Waals surface area contributed by atoms with Crippen LogP contribution in [0.15, 0.2) is 41.8 Å². The molecule has 7 rings (SSSR count). The van der Waals surface area contributed by atoms with Crippen LogP contribution >= 0.6 is 11.3 Å². The summed E-state index contributed by atoms with van der Waals surface area (Å²) >= 11 is 1.45. The van der Waals surface area contributed by atoms with Gasteiger partial charge in [-0.1, -0.05) is 32.9 Å². The van der Waals surface area contributed by atoms with Crippen molar-refractivity contribution < 1.29 is 41.8 Å². The van der Waals surface area contributed by atoms with Crippen molar-refractivity contribution in [1.29, 1.82) is 0 Å². The SMILES string of the molecule is COc1ccc2c(O[C@@H]3C[C@@H](C(=O)N[C@]45C[C@H]4/C=C\CCCCS(=O)(=O)NC5=O)N(C(=O)[C@@H](NC(=O)OC4CCCC4)C(C)(C)C)C3)cc(-c3csc(NC(C)C)n3)nc2c1. The Kier molecular flexibility index (Phi) is 12.9. The molecular weight excluding hydrogens is 823 g/mol. The number of hydrogen-bond acceptors (Lipinski definition) is 13. The molecule has 1 aromatic carbocycles. The second kappa shape index (κ2) is 17.8. The van der Waals surface area contributed by atoms with Gasteiger partial charge in [-0.05, 0) is 82.8 Å². The standard InChI is InChI=1S/C43H57N7O9S2/c1-25(2)44-40-46-33(24-60-40)32-21-35(30-17-16-28(57-6)19-31(30)45-32)58-29-20-34(37(51)48-43-22-26(43)13-9-7-8-12-18-61(55,56)49-39(43)53)50(23-29)38(52)36(42(3,4)5)47-41(54)59-27-14-10-11-15-27/h9,13,16-17,19,21,24-27,29,34,36H,7-8,10-12,14-15,18,20,22-23H2,1-6H3,(H,44,46)(H,47,54)(H,48,51)(H,49,53)/b13-9-/t26-,29-,34+,36-,43-/m1/s1. The van der Waals surface area contributed by atoms with E-state index in [0.29, 0.717) is 53.1 Å². The molecule has 61 heavy (non-hydrogen) atoms. The molecular formula is C43H57N7O9S2. The van der Waals surface area contributed by atoms with E-state index in [1.165, 1.54) is 16.2 Å². The lowest BCUT2D eigenvalue weighted by molar-refractivity contribution is -0.143. The normalized spacial score (nSPS) is 25.1. The number of nitrogens with one attached hydrogen (secondary N) is 4. The van der Waals surface area contributed by atoms with Gasteiger partial charge in [-0.3, -0.25) is 19.1 Å². The van der Waals surface area contributed by atoms with Gasteiger partial charge in [0.05, 0.1) is 30.6 Å². The van der Waals surface area contributed by atoms with Crippen LogP contribution in [-0.2, 0) is 29.1 Å². The van der Waals surface area contributed by atoms with Gasteiger partial charge in [0.1, 0.15) is 47.0 Å². The van der Waals surface area contributed by atoms with Crippen LogP contribution in [-0.4, -0.2) is 102 Å². The monoisotopic (exact) mass is 879 g/mol.